The second-order valence-electron chi connectivity index (χ2n) is 7.95. The standard InChI is InChI=1S/C27H24ClFN4O3/c1-36-15-14-32(27(35)20-8-5-9-21(28)16-20)18-26(34)30-25-17-24(19-6-3-2-4-7-19)31-33(25)23-12-10-22(29)11-13-23/h2-13,16-17H,14-15,18H2,1H3,(H,30,34). The zero-order valence-electron chi connectivity index (χ0n) is 19.5. The van der Waals surface area contributed by atoms with Crippen LogP contribution in [0.5, 0.6) is 0 Å². The molecule has 36 heavy (non-hydrogen) atoms. The number of nitrogens with zero attached hydrogens (tertiary/aromatic N) is 3. The molecule has 1 heterocycles. The third kappa shape index (κ3) is 6.16. The minimum atomic E-state index is -0.427. The van der Waals surface area contributed by atoms with Crippen LogP contribution in [0.1, 0.15) is 10.4 Å². The van der Waals surface area contributed by atoms with Gasteiger partial charge in [-0.1, -0.05) is 48.0 Å². The van der Waals surface area contributed by atoms with Crippen LogP contribution in [0.15, 0.2) is 84.9 Å². The van der Waals surface area contributed by atoms with E-state index < -0.39 is 5.91 Å². The second kappa shape index (κ2) is 11.6. The molecule has 2 amide bonds. The van der Waals surface area contributed by atoms with Crippen molar-refractivity contribution in [3.63, 3.8) is 0 Å². The molecule has 0 aliphatic heterocycles. The maximum atomic E-state index is 13.5. The number of methoxy groups -OCH3 is 1. The van der Waals surface area contributed by atoms with E-state index in [2.05, 4.69) is 10.4 Å². The van der Waals surface area contributed by atoms with Gasteiger partial charge < -0.3 is 15.0 Å². The molecule has 3 aromatic carbocycles. The Morgan fingerprint density at radius 2 is 1.78 bits per heavy atom. The second-order valence-corrected chi connectivity index (χ2v) is 8.38. The Kier molecular flexibility index (Phi) is 8.10. The van der Waals surface area contributed by atoms with E-state index in [-0.39, 0.29) is 31.4 Å². The van der Waals surface area contributed by atoms with Crippen LogP contribution in [0.2, 0.25) is 5.02 Å². The molecule has 0 spiro atoms. The summed E-state index contributed by atoms with van der Waals surface area (Å²) in [5, 5.41) is 7.89. The molecule has 1 aromatic heterocycles. The van der Waals surface area contributed by atoms with E-state index in [1.807, 2.05) is 30.3 Å². The Balaban J connectivity index is 1.60. The zero-order chi connectivity index (χ0) is 25.5. The average Bonchev–Trinajstić information content (AvgIpc) is 3.30. The van der Waals surface area contributed by atoms with Gasteiger partial charge in [0.15, 0.2) is 0 Å². The highest BCUT2D eigenvalue weighted by Crippen LogP contribution is 2.25. The summed E-state index contributed by atoms with van der Waals surface area (Å²) in [4.78, 5) is 27.6. The quantitative estimate of drug-likeness (QED) is 0.344. The van der Waals surface area contributed by atoms with Crippen molar-refractivity contribution in [1.29, 1.82) is 0 Å². The van der Waals surface area contributed by atoms with Gasteiger partial charge >= 0.3 is 0 Å². The molecule has 0 atom stereocenters. The van der Waals surface area contributed by atoms with Crippen molar-refractivity contribution >= 4 is 29.2 Å². The van der Waals surface area contributed by atoms with Gasteiger partial charge in [-0.3, -0.25) is 9.59 Å². The Bertz CT molecular complexity index is 1340. The smallest absolute Gasteiger partial charge is 0.254 e. The van der Waals surface area contributed by atoms with Crippen molar-refractivity contribution in [3.05, 3.63) is 101 Å². The van der Waals surface area contributed by atoms with Gasteiger partial charge in [-0.25, -0.2) is 9.07 Å². The van der Waals surface area contributed by atoms with Crippen molar-refractivity contribution in [1.82, 2.24) is 14.7 Å². The molecule has 0 radical (unpaired) electrons. The van der Waals surface area contributed by atoms with Gasteiger partial charge in [-0.05, 0) is 42.5 Å². The normalized spacial score (nSPS) is 10.8. The topological polar surface area (TPSA) is 76.5 Å². The summed E-state index contributed by atoms with van der Waals surface area (Å²) in [6.07, 6.45) is 0. The Hall–Kier alpha value is -4.01. The predicted molar refractivity (Wildman–Crippen MR) is 137 cm³/mol. The number of benzene rings is 3. The number of rotatable bonds is 9. The molecule has 4 rings (SSSR count). The van der Waals surface area contributed by atoms with E-state index in [1.54, 1.807) is 42.5 Å². The molecule has 0 saturated carbocycles. The number of hydrogen-bond acceptors (Lipinski definition) is 4. The van der Waals surface area contributed by atoms with Gasteiger partial charge in [-0.15, -0.1) is 0 Å². The van der Waals surface area contributed by atoms with E-state index in [4.69, 9.17) is 16.3 Å². The summed E-state index contributed by atoms with van der Waals surface area (Å²) < 4.78 is 20.2. The fourth-order valence-corrected chi connectivity index (χ4v) is 3.80. The molecule has 0 aliphatic rings. The number of halogens is 2. The largest absolute Gasteiger partial charge is 0.383 e. The van der Waals surface area contributed by atoms with Crippen molar-refractivity contribution in [2.75, 3.05) is 32.1 Å². The monoisotopic (exact) mass is 506 g/mol. The van der Waals surface area contributed by atoms with Crippen molar-refractivity contribution in [2.24, 2.45) is 0 Å². The van der Waals surface area contributed by atoms with Crippen LogP contribution in [0.25, 0.3) is 16.9 Å². The van der Waals surface area contributed by atoms with Crippen LogP contribution in [-0.4, -0.2) is 53.3 Å². The maximum absolute atomic E-state index is 13.5. The molecular formula is C27H24ClFN4O3. The molecule has 1 N–H and O–H groups in total. The van der Waals surface area contributed by atoms with E-state index in [1.165, 1.54) is 28.8 Å². The summed E-state index contributed by atoms with van der Waals surface area (Å²) in [6.45, 7) is 0.247. The van der Waals surface area contributed by atoms with Crippen LogP contribution in [-0.2, 0) is 9.53 Å². The molecule has 184 valence electrons. The minimum Gasteiger partial charge on any atom is -0.383 e. The number of carbonyl (C=O) groups is 2. The maximum Gasteiger partial charge on any atom is 0.254 e. The number of anilines is 1. The lowest BCUT2D eigenvalue weighted by atomic mass is 10.1. The summed E-state index contributed by atoms with van der Waals surface area (Å²) in [7, 11) is 1.52. The van der Waals surface area contributed by atoms with Crippen molar-refractivity contribution < 1.29 is 18.7 Å². The highest BCUT2D eigenvalue weighted by molar-refractivity contribution is 6.31. The lowest BCUT2D eigenvalue weighted by molar-refractivity contribution is -0.117. The fourth-order valence-electron chi connectivity index (χ4n) is 3.61. The Morgan fingerprint density at radius 3 is 2.47 bits per heavy atom. The molecule has 9 heteroatoms. The predicted octanol–water partition coefficient (Wildman–Crippen LogP) is 5.06. The number of nitrogens with one attached hydrogen (secondary N) is 1. The lowest BCUT2D eigenvalue weighted by Crippen LogP contribution is -2.40. The summed E-state index contributed by atoms with van der Waals surface area (Å²) in [5.74, 6) is -0.772. The van der Waals surface area contributed by atoms with Gasteiger partial charge in [-0.2, -0.15) is 5.10 Å². The molecule has 0 fully saturated rings. The van der Waals surface area contributed by atoms with Crippen LogP contribution in [0.4, 0.5) is 10.2 Å². The first-order valence-electron chi connectivity index (χ1n) is 11.2. The van der Waals surface area contributed by atoms with Gasteiger partial charge in [0.1, 0.15) is 18.2 Å². The third-order valence-electron chi connectivity index (χ3n) is 5.38. The summed E-state index contributed by atoms with van der Waals surface area (Å²) in [6, 6.07) is 23.5. The summed E-state index contributed by atoms with van der Waals surface area (Å²) in [5.41, 5.74) is 2.42. The number of amides is 2. The van der Waals surface area contributed by atoms with Gasteiger partial charge in [0.2, 0.25) is 5.91 Å². The highest BCUT2D eigenvalue weighted by Gasteiger charge is 2.21. The Morgan fingerprint density at radius 1 is 1.03 bits per heavy atom. The number of hydrogen-bond donors (Lipinski definition) is 1. The zero-order valence-corrected chi connectivity index (χ0v) is 20.3. The van der Waals surface area contributed by atoms with E-state index in [0.29, 0.717) is 27.8 Å². The van der Waals surface area contributed by atoms with Crippen molar-refractivity contribution in [2.45, 2.75) is 0 Å². The SMILES string of the molecule is COCCN(CC(=O)Nc1cc(-c2ccccc2)nn1-c1ccc(F)cc1)C(=O)c1cccc(Cl)c1. The minimum absolute atomic E-state index is 0.210. The number of carbonyl (C=O) groups excluding carboxylic acids is 2. The molecule has 0 aliphatic carbocycles. The molecule has 0 saturated heterocycles. The molecule has 7 nitrogen and oxygen atoms in total. The van der Waals surface area contributed by atoms with Crippen LogP contribution in [0.3, 0.4) is 0 Å². The Labute approximate surface area is 213 Å². The lowest BCUT2D eigenvalue weighted by Gasteiger charge is -2.22. The van der Waals surface area contributed by atoms with E-state index in [0.717, 1.165) is 5.56 Å². The highest BCUT2D eigenvalue weighted by atomic mass is 35.5. The van der Waals surface area contributed by atoms with Crippen LogP contribution < -0.4 is 5.32 Å². The van der Waals surface area contributed by atoms with Crippen LogP contribution >= 0.6 is 11.6 Å². The number of aromatic nitrogens is 2. The van der Waals surface area contributed by atoms with Gasteiger partial charge in [0, 0.05) is 35.9 Å². The number of ether oxygens (including phenoxy) is 1. The molecule has 4 aromatic rings. The van der Waals surface area contributed by atoms with Gasteiger partial charge in [0.05, 0.1) is 18.0 Å². The third-order valence-corrected chi connectivity index (χ3v) is 5.61. The van der Waals surface area contributed by atoms with Crippen LogP contribution in [0, 0.1) is 5.82 Å². The summed E-state index contributed by atoms with van der Waals surface area (Å²) >= 11 is 6.04. The fraction of sp³-hybridized carbons (Fsp3) is 0.148. The molecule has 0 bridgehead atoms. The first-order chi connectivity index (χ1) is 17.4. The first kappa shape index (κ1) is 25.1. The first-order valence-corrected chi connectivity index (χ1v) is 11.6. The molecule has 0 unspecified atom stereocenters. The van der Waals surface area contributed by atoms with E-state index >= 15 is 0 Å². The van der Waals surface area contributed by atoms with E-state index in [9.17, 15) is 14.0 Å². The molecular weight excluding hydrogens is 483 g/mol. The average molecular weight is 507 g/mol. The van der Waals surface area contributed by atoms with Crippen molar-refractivity contribution in [3.8, 4) is 16.9 Å². The van der Waals surface area contributed by atoms with Gasteiger partial charge in [0.25, 0.3) is 5.91 Å².